The number of methoxy groups -OCH3 is 1. The Balaban J connectivity index is 2.00. The van der Waals surface area contributed by atoms with Crippen LogP contribution in [0.25, 0.3) is 0 Å². The summed E-state index contributed by atoms with van der Waals surface area (Å²) in [5, 5.41) is 21.3. The van der Waals surface area contributed by atoms with Gasteiger partial charge in [0.1, 0.15) is 11.8 Å². The fourth-order valence-corrected chi connectivity index (χ4v) is 2.43. The number of nitrogens with one attached hydrogen (secondary N) is 1. The summed E-state index contributed by atoms with van der Waals surface area (Å²) in [5.74, 6) is -0.849. The molecule has 0 spiro atoms. The van der Waals surface area contributed by atoms with Gasteiger partial charge < -0.3 is 20.3 Å². The van der Waals surface area contributed by atoms with Crippen molar-refractivity contribution in [2.45, 2.75) is 18.6 Å². The second-order valence-electron chi connectivity index (χ2n) is 4.92. The molecule has 3 N–H and O–H groups in total. The number of ether oxygens (including phenoxy) is 1. The topological polar surface area (TPSA) is 99.1 Å². The highest BCUT2D eigenvalue weighted by molar-refractivity contribution is 5.94. The molecule has 1 saturated heterocycles. The van der Waals surface area contributed by atoms with Crippen molar-refractivity contribution in [3.63, 3.8) is 0 Å². The summed E-state index contributed by atoms with van der Waals surface area (Å²) in [5.41, 5.74) is 0.525. The number of carbonyl (C=O) groups excluding carboxylic acids is 1. The Morgan fingerprint density at radius 1 is 1.43 bits per heavy atom. The van der Waals surface area contributed by atoms with Crippen LogP contribution in [0.1, 0.15) is 6.42 Å². The molecule has 114 valence electrons. The van der Waals surface area contributed by atoms with Gasteiger partial charge in [0.25, 0.3) is 0 Å². The molecular formula is C14H18N2O5. The van der Waals surface area contributed by atoms with Gasteiger partial charge in [0.05, 0.1) is 25.4 Å². The zero-order chi connectivity index (χ0) is 15.4. The summed E-state index contributed by atoms with van der Waals surface area (Å²) in [6, 6.07) is 6.13. The van der Waals surface area contributed by atoms with Crippen LogP contribution in [0.2, 0.25) is 0 Å². The monoisotopic (exact) mass is 294 g/mol. The first-order valence-electron chi connectivity index (χ1n) is 6.59. The standard InChI is InChI=1S/C14H18N2O5/c1-21-12-5-3-2-4-10(12)15-13(18)8-16-7-9(17)6-11(16)14(19)20/h2-5,9,11,17H,6-8H2,1H3,(H,15,18)(H,19,20). The highest BCUT2D eigenvalue weighted by Gasteiger charge is 2.36. The molecule has 2 atom stereocenters. The third kappa shape index (κ3) is 3.71. The number of hydrogen-bond acceptors (Lipinski definition) is 5. The molecule has 1 aliphatic rings. The lowest BCUT2D eigenvalue weighted by Crippen LogP contribution is -2.41. The number of benzene rings is 1. The van der Waals surface area contributed by atoms with E-state index in [0.29, 0.717) is 11.4 Å². The van der Waals surface area contributed by atoms with Crippen LogP contribution in [0.3, 0.4) is 0 Å². The molecule has 1 aromatic rings. The zero-order valence-electron chi connectivity index (χ0n) is 11.7. The molecule has 0 aromatic heterocycles. The van der Waals surface area contributed by atoms with Gasteiger partial charge in [-0.25, -0.2) is 0 Å². The number of aliphatic carboxylic acids is 1. The Kier molecular flexibility index (Phi) is 4.77. The normalized spacial score (nSPS) is 22.0. The molecule has 7 heteroatoms. The van der Waals surface area contributed by atoms with Crippen LogP contribution in [0.5, 0.6) is 5.75 Å². The maximum Gasteiger partial charge on any atom is 0.321 e. The van der Waals surface area contributed by atoms with Crippen LogP contribution in [0.15, 0.2) is 24.3 Å². The molecular weight excluding hydrogens is 276 g/mol. The fourth-order valence-electron chi connectivity index (χ4n) is 2.43. The number of anilines is 1. The smallest absolute Gasteiger partial charge is 0.321 e. The Morgan fingerprint density at radius 3 is 2.81 bits per heavy atom. The maximum absolute atomic E-state index is 12.0. The van der Waals surface area contributed by atoms with E-state index in [1.165, 1.54) is 12.0 Å². The van der Waals surface area contributed by atoms with E-state index < -0.39 is 18.1 Å². The highest BCUT2D eigenvalue weighted by Crippen LogP contribution is 2.23. The van der Waals surface area contributed by atoms with Crippen molar-refractivity contribution >= 4 is 17.6 Å². The lowest BCUT2D eigenvalue weighted by molar-refractivity contribution is -0.142. The van der Waals surface area contributed by atoms with E-state index in [1.54, 1.807) is 24.3 Å². The van der Waals surface area contributed by atoms with Crippen LogP contribution in [-0.2, 0) is 9.59 Å². The number of β-amino-alcohol motifs (C(OH)–C–C–N with tert-alkyl or cyclic N) is 1. The zero-order valence-corrected chi connectivity index (χ0v) is 11.7. The molecule has 1 aromatic carbocycles. The number of amides is 1. The minimum Gasteiger partial charge on any atom is -0.495 e. The number of aliphatic hydroxyl groups excluding tert-OH is 1. The number of carboxylic acid groups (broad SMARTS) is 1. The summed E-state index contributed by atoms with van der Waals surface area (Å²) >= 11 is 0. The molecule has 0 bridgehead atoms. The van der Waals surface area contributed by atoms with Gasteiger partial charge in [-0.2, -0.15) is 0 Å². The summed E-state index contributed by atoms with van der Waals surface area (Å²) in [4.78, 5) is 24.6. The van der Waals surface area contributed by atoms with Crippen molar-refractivity contribution in [3.8, 4) is 5.75 Å². The van der Waals surface area contributed by atoms with E-state index in [4.69, 9.17) is 9.84 Å². The van der Waals surface area contributed by atoms with E-state index in [1.807, 2.05) is 0 Å². The molecule has 1 fully saturated rings. The Morgan fingerprint density at radius 2 is 2.14 bits per heavy atom. The van der Waals surface area contributed by atoms with Gasteiger partial charge in [-0.3, -0.25) is 14.5 Å². The number of likely N-dealkylation sites (tertiary alicyclic amines) is 1. The first kappa shape index (κ1) is 15.3. The maximum atomic E-state index is 12.0. The van der Waals surface area contributed by atoms with Crippen LogP contribution in [0.4, 0.5) is 5.69 Å². The van der Waals surface area contributed by atoms with Crippen molar-refractivity contribution in [2.75, 3.05) is 25.5 Å². The number of aliphatic hydroxyl groups is 1. The van der Waals surface area contributed by atoms with Crippen molar-refractivity contribution in [2.24, 2.45) is 0 Å². The number of carbonyl (C=O) groups is 2. The van der Waals surface area contributed by atoms with E-state index in [0.717, 1.165) is 0 Å². The molecule has 0 aliphatic carbocycles. The Hall–Kier alpha value is -2.12. The quantitative estimate of drug-likeness (QED) is 0.715. The fraction of sp³-hybridized carbons (Fsp3) is 0.429. The van der Waals surface area contributed by atoms with Gasteiger partial charge >= 0.3 is 5.97 Å². The van der Waals surface area contributed by atoms with Gasteiger partial charge in [0.2, 0.25) is 5.91 Å². The number of nitrogens with zero attached hydrogens (tertiary/aromatic N) is 1. The highest BCUT2D eigenvalue weighted by atomic mass is 16.5. The first-order chi connectivity index (χ1) is 10.0. The van der Waals surface area contributed by atoms with Crippen LogP contribution in [-0.4, -0.2) is 59.3 Å². The SMILES string of the molecule is COc1ccccc1NC(=O)CN1CC(O)CC1C(=O)O. The second kappa shape index (κ2) is 6.55. The minimum absolute atomic E-state index is 0.0912. The molecule has 1 aliphatic heterocycles. The molecule has 0 saturated carbocycles. The van der Waals surface area contributed by atoms with Gasteiger partial charge in [0.15, 0.2) is 0 Å². The van der Waals surface area contributed by atoms with Gasteiger partial charge in [0, 0.05) is 13.0 Å². The van der Waals surface area contributed by atoms with Gasteiger partial charge in [-0.05, 0) is 12.1 Å². The average Bonchev–Trinajstić information content (AvgIpc) is 2.80. The van der Waals surface area contributed by atoms with Crippen molar-refractivity contribution in [1.29, 1.82) is 0 Å². The number of carboxylic acids is 1. The largest absolute Gasteiger partial charge is 0.495 e. The van der Waals surface area contributed by atoms with Gasteiger partial charge in [-0.1, -0.05) is 12.1 Å². The number of para-hydroxylation sites is 2. The third-order valence-corrected chi connectivity index (χ3v) is 3.39. The van der Waals surface area contributed by atoms with E-state index in [9.17, 15) is 14.7 Å². The molecule has 1 heterocycles. The Labute approximate surface area is 122 Å². The molecule has 2 rings (SSSR count). The second-order valence-corrected chi connectivity index (χ2v) is 4.92. The Bertz CT molecular complexity index is 534. The number of rotatable bonds is 5. The van der Waals surface area contributed by atoms with Crippen LogP contribution < -0.4 is 10.1 Å². The molecule has 2 unspecified atom stereocenters. The summed E-state index contributed by atoms with van der Waals surface area (Å²) in [6.45, 7) is 0.0857. The predicted octanol–water partition coefficient (Wildman–Crippen LogP) is 0.153. The summed E-state index contributed by atoms with van der Waals surface area (Å²) in [6.07, 6.45) is -0.581. The van der Waals surface area contributed by atoms with E-state index in [-0.39, 0.29) is 25.4 Å². The van der Waals surface area contributed by atoms with Crippen molar-refractivity contribution in [3.05, 3.63) is 24.3 Å². The minimum atomic E-state index is -1.03. The molecule has 1 amide bonds. The van der Waals surface area contributed by atoms with E-state index >= 15 is 0 Å². The molecule has 7 nitrogen and oxygen atoms in total. The predicted molar refractivity (Wildman–Crippen MR) is 75.2 cm³/mol. The van der Waals surface area contributed by atoms with Crippen LogP contribution >= 0.6 is 0 Å². The molecule has 21 heavy (non-hydrogen) atoms. The van der Waals surface area contributed by atoms with Gasteiger partial charge in [-0.15, -0.1) is 0 Å². The van der Waals surface area contributed by atoms with Crippen LogP contribution in [0, 0.1) is 0 Å². The number of hydrogen-bond donors (Lipinski definition) is 3. The summed E-state index contributed by atoms with van der Waals surface area (Å²) in [7, 11) is 1.50. The average molecular weight is 294 g/mol. The molecule has 0 radical (unpaired) electrons. The van der Waals surface area contributed by atoms with Crippen molar-refractivity contribution < 1.29 is 24.5 Å². The summed E-state index contributed by atoms with van der Waals surface area (Å²) < 4.78 is 5.13. The first-order valence-corrected chi connectivity index (χ1v) is 6.59. The third-order valence-electron chi connectivity index (χ3n) is 3.39. The van der Waals surface area contributed by atoms with Crippen molar-refractivity contribution in [1.82, 2.24) is 4.90 Å². The van der Waals surface area contributed by atoms with E-state index in [2.05, 4.69) is 5.32 Å². The lowest BCUT2D eigenvalue weighted by atomic mass is 10.2. The lowest BCUT2D eigenvalue weighted by Gasteiger charge is -2.20.